The maximum absolute atomic E-state index is 8.31. The second-order valence-corrected chi connectivity index (χ2v) is 4.53. The lowest BCUT2D eigenvalue weighted by Crippen LogP contribution is -2.09. The van der Waals surface area contributed by atoms with Crippen LogP contribution >= 0.6 is 0 Å². The van der Waals surface area contributed by atoms with E-state index in [4.69, 9.17) is 5.26 Å². The van der Waals surface area contributed by atoms with Crippen LogP contribution in [0, 0.1) is 22.7 Å². The van der Waals surface area contributed by atoms with Crippen LogP contribution in [-0.4, -0.2) is 0 Å². The first kappa shape index (κ1) is 11.2. The van der Waals surface area contributed by atoms with E-state index in [0.717, 1.165) is 0 Å². The number of allylic oxidation sites excluding steroid dienone is 2. The normalized spacial score (nSPS) is 14.6. The van der Waals surface area contributed by atoms with Gasteiger partial charge in [-0.1, -0.05) is 39.8 Å². The van der Waals surface area contributed by atoms with Crippen LogP contribution in [0.25, 0.3) is 0 Å². The van der Waals surface area contributed by atoms with Crippen LogP contribution in [0.2, 0.25) is 0 Å². The standard InChI is InChI=1S/C11H19N/c1-10(7-5-6-8-12)9-11(2,3)4/h5,7,10H,6,9H2,1-4H3. The van der Waals surface area contributed by atoms with Gasteiger partial charge in [-0.3, -0.25) is 0 Å². The molecule has 0 rings (SSSR count). The molecule has 0 aliphatic rings. The zero-order valence-corrected chi connectivity index (χ0v) is 8.59. The molecule has 1 heteroatoms. The Bertz CT molecular complexity index is 178. The van der Waals surface area contributed by atoms with Gasteiger partial charge in [0.1, 0.15) is 0 Å². The summed E-state index contributed by atoms with van der Waals surface area (Å²) < 4.78 is 0. The number of hydrogen-bond donors (Lipinski definition) is 0. The third-order valence-corrected chi connectivity index (χ3v) is 1.61. The van der Waals surface area contributed by atoms with Crippen LogP contribution in [0.5, 0.6) is 0 Å². The van der Waals surface area contributed by atoms with Gasteiger partial charge in [0.2, 0.25) is 0 Å². The summed E-state index contributed by atoms with van der Waals surface area (Å²) in [6.45, 7) is 8.91. The molecule has 1 unspecified atom stereocenters. The van der Waals surface area contributed by atoms with Gasteiger partial charge >= 0.3 is 0 Å². The quantitative estimate of drug-likeness (QED) is 0.587. The van der Waals surface area contributed by atoms with E-state index in [2.05, 4.69) is 39.8 Å². The molecular weight excluding hydrogens is 146 g/mol. The van der Waals surface area contributed by atoms with Gasteiger partial charge < -0.3 is 0 Å². The molecule has 0 saturated carbocycles. The molecule has 0 aromatic heterocycles. The molecule has 0 bridgehead atoms. The second-order valence-electron chi connectivity index (χ2n) is 4.53. The van der Waals surface area contributed by atoms with Crippen molar-refractivity contribution in [2.45, 2.75) is 40.5 Å². The predicted octanol–water partition coefficient (Wildman–Crippen LogP) is 3.53. The van der Waals surface area contributed by atoms with Gasteiger partial charge in [-0.05, 0) is 17.8 Å². The third kappa shape index (κ3) is 7.34. The van der Waals surface area contributed by atoms with Crippen molar-refractivity contribution in [1.29, 1.82) is 5.26 Å². The number of hydrogen-bond acceptors (Lipinski definition) is 1. The Balaban J connectivity index is 3.75. The van der Waals surface area contributed by atoms with Crippen molar-refractivity contribution in [3.05, 3.63) is 12.2 Å². The van der Waals surface area contributed by atoms with Gasteiger partial charge in [-0.25, -0.2) is 0 Å². The number of nitriles is 1. The highest BCUT2D eigenvalue weighted by atomic mass is 14.2. The fraction of sp³-hybridized carbons (Fsp3) is 0.727. The van der Waals surface area contributed by atoms with Gasteiger partial charge in [0, 0.05) is 0 Å². The number of rotatable bonds is 3. The molecule has 0 N–H and O–H groups in total. The first-order valence-corrected chi connectivity index (χ1v) is 4.49. The zero-order chi connectivity index (χ0) is 9.61. The molecule has 0 amide bonds. The van der Waals surface area contributed by atoms with Crippen molar-refractivity contribution in [3.8, 4) is 6.07 Å². The average molecular weight is 165 g/mol. The Labute approximate surface area is 76.1 Å². The first-order chi connectivity index (χ1) is 5.45. The minimum atomic E-state index is 0.385. The Morgan fingerprint density at radius 1 is 1.42 bits per heavy atom. The van der Waals surface area contributed by atoms with Crippen molar-refractivity contribution in [1.82, 2.24) is 0 Å². The largest absolute Gasteiger partial charge is 0.198 e. The lowest BCUT2D eigenvalue weighted by Gasteiger charge is -2.20. The van der Waals surface area contributed by atoms with Crippen molar-refractivity contribution in [2.75, 3.05) is 0 Å². The van der Waals surface area contributed by atoms with Gasteiger partial charge in [0.15, 0.2) is 0 Å². The lowest BCUT2D eigenvalue weighted by molar-refractivity contribution is 0.336. The zero-order valence-electron chi connectivity index (χ0n) is 8.59. The van der Waals surface area contributed by atoms with Crippen molar-refractivity contribution in [2.24, 2.45) is 11.3 Å². The Kier molecular flexibility index (Phi) is 4.66. The van der Waals surface area contributed by atoms with Crippen LogP contribution in [0.3, 0.4) is 0 Å². The fourth-order valence-electron chi connectivity index (χ4n) is 1.39. The topological polar surface area (TPSA) is 23.8 Å². The van der Waals surface area contributed by atoms with Crippen molar-refractivity contribution < 1.29 is 0 Å². The maximum atomic E-state index is 8.31. The van der Waals surface area contributed by atoms with Crippen LogP contribution in [-0.2, 0) is 0 Å². The summed E-state index contributed by atoms with van der Waals surface area (Å²) in [7, 11) is 0. The van der Waals surface area contributed by atoms with Crippen molar-refractivity contribution >= 4 is 0 Å². The first-order valence-electron chi connectivity index (χ1n) is 4.49. The molecule has 12 heavy (non-hydrogen) atoms. The second kappa shape index (κ2) is 4.98. The molecule has 0 aromatic carbocycles. The van der Waals surface area contributed by atoms with E-state index in [-0.39, 0.29) is 0 Å². The van der Waals surface area contributed by atoms with E-state index in [9.17, 15) is 0 Å². The maximum Gasteiger partial charge on any atom is 0.0663 e. The molecule has 1 atom stereocenters. The van der Waals surface area contributed by atoms with Crippen LogP contribution in [0.15, 0.2) is 12.2 Å². The molecule has 0 spiro atoms. The Morgan fingerprint density at radius 3 is 2.42 bits per heavy atom. The molecule has 0 aromatic rings. The smallest absolute Gasteiger partial charge is 0.0663 e. The molecule has 0 fully saturated rings. The predicted molar refractivity (Wildman–Crippen MR) is 52.6 cm³/mol. The van der Waals surface area contributed by atoms with Gasteiger partial charge in [-0.2, -0.15) is 5.26 Å². The highest BCUT2D eigenvalue weighted by molar-refractivity contribution is 4.93. The van der Waals surface area contributed by atoms with Gasteiger partial charge in [0.25, 0.3) is 0 Å². The van der Waals surface area contributed by atoms with E-state index >= 15 is 0 Å². The molecule has 1 nitrogen and oxygen atoms in total. The fourth-order valence-corrected chi connectivity index (χ4v) is 1.39. The summed E-state index contributed by atoms with van der Waals surface area (Å²) in [6, 6.07) is 2.10. The van der Waals surface area contributed by atoms with E-state index < -0.39 is 0 Å². The molecular formula is C11H19N. The monoisotopic (exact) mass is 165 g/mol. The minimum Gasteiger partial charge on any atom is -0.198 e. The summed E-state index contributed by atoms with van der Waals surface area (Å²) in [5.74, 6) is 0.582. The van der Waals surface area contributed by atoms with Gasteiger partial charge in [0.05, 0.1) is 12.5 Å². The highest BCUT2D eigenvalue weighted by Crippen LogP contribution is 2.24. The Hall–Kier alpha value is -0.770. The summed E-state index contributed by atoms with van der Waals surface area (Å²) in [5, 5.41) is 8.31. The van der Waals surface area contributed by atoms with E-state index in [0.29, 0.717) is 17.8 Å². The van der Waals surface area contributed by atoms with E-state index in [1.165, 1.54) is 6.42 Å². The average Bonchev–Trinajstić information content (AvgIpc) is 1.84. The molecule has 0 aliphatic heterocycles. The van der Waals surface area contributed by atoms with Gasteiger partial charge in [-0.15, -0.1) is 0 Å². The van der Waals surface area contributed by atoms with E-state index in [1.807, 2.05) is 6.08 Å². The molecule has 0 aliphatic carbocycles. The lowest BCUT2D eigenvalue weighted by atomic mass is 9.85. The molecule has 0 radical (unpaired) electrons. The van der Waals surface area contributed by atoms with Crippen molar-refractivity contribution in [3.63, 3.8) is 0 Å². The van der Waals surface area contributed by atoms with Crippen LogP contribution in [0.1, 0.15) is 40.5 Å². The number of nitrogens with zero attached hydrogens (tertiary/aromatic N) is 1. The summed E-state index contributed by atoms with van der Waals surface area (Å²) in [5.41, 5.74) is 0.385. The molecule has 0 heterocycles. The third-order valence-electron chi connectivity index (χ3n) is 1.61. The molecule has 68 valence electrons. The Morgan fingerprint density at radius 2 is 2.00 bits per heavy atom. The minimum absolute atomic E-state index is 0.385. The summed E-state index contributed by atoms with van der Waals surface area (Å²) in [6.07, 6.45) is 5.80. The molecule has 0 saturated heterocycles. The van der Waals surface area contributed by atoms with Crippen LogP contribution < -0.4 is 0 Å². The summed E-state index contributed by atoms with van der Waals surface area (Å²) >= 11 is 0. The SMILES string of the molecule is CC(C=CCC#N)CC(C)(C)C. The summed E-state index contributed by atoms with van der Waals surface area (Å²) in [4.78, 5) is 0. The highest BCUT2D eigenvalue weighted by Gasteiger charge is 2.12. The van der Waals surface area contributed by atoms with E-state index in [1.54, 1.807) is 0 Å². The van der Waals surface area contributed by atoms with Crippen LogP contribution in [0.4, 0.5) is 0 Å².